The normalized spacial score (nSPS) is 24.8. The van der Waals surface area contributed by atoms with Crippen LogP contribution in [-0.4, -0.2) is 39.6 Å². The summed E-state index contributed by atoms with van der Waals surface area (Å²) in [5.41, 5.74) is -0.0704. The maximum Gasteiger partial charge on any atom is 0.138 e. The summed E-state index contributed by atoms with van der Waals surface area (Å²) < 4.78 is 8.00. The van der Waals surface area contributed by atoms with Crippen molar-refractivity contribution in [3.8, 4) is 0 Å². The lowest BCUT2D eigenvalue weighted by atomic mass is 9.90. The smallest absolute Gasteiger partial charge is 0.138 e. The van der Waals surface area contributed by atoms with Gasteiger partial charge >= 0.3 is 0 Å². The fourth-order valence-electron chi connectivity index (χ4n) is 2.85. The fraction of sp³-hybridized carbons (Fsp3) is 0.857. The minimum atomic E-state index is -0.0704. The standard InChI is InChI=1S/C14H26N4O/c1-4-8-18-13(16-11-17-18)10-12(15-5-2)14(3)7-6-9-19-14/h11-12,15H,4-10H2,1-3H3. The van der Waals surface area contributed by atoms with Gasteiger partial charge in [0.2, 0.25) is 0 Å². The molecule has 1 N–H and O–H groups in total. The highest BCUT2D eigenvalue weighted by atomic mass is 16.5. The van der Waals surface area contributed by atoms with Crippen molar-refractivity contribution in [2.45, 2.75) is 64.6 Å². The molecule has 1 fully saturated rings. The zero-order chi connectivity index (χ0) is 13.7. The highest BCUT2D eigenvalue weighted by Gasteiger charge is 2.38. The van der Waals surface area contributed by atoms with Crippen molar-refractivity contribution in [2.24, 2.45) is 0 Å². The average molecular weight is 266 g/mol. The van der Waals surface area contributed by atoms with Gasteiger partial charge in [-0.1, -0.05) is 13.8 Å². The van der Waals surface area contributed by atoms with E-state index in [0.717, 1.165) is 51.2 Å². The predicted molar refractivity (Wildman–Crippen MR) is 75.1 cm³/mol. The molecule has 5 nitrogen and oxygen atoms in total. The van der Waals surface area contributed by atoms with Gasteiger partial charge in [0, 0.05) is 25.6 Å². The van der Waals surface area contributed by atoms with E-state index in [9.17, 15) is 0 Å². The molecule has 1 aliphatic rings. The number of likely N-dealkylation sites (N-methyl/N-ethyl adjacent to an activating group) is 1. The molecule has 1 aromatic heterocycles. The Morgan fingerprint density at radius 1 is 1.53 bits per heavy atom. The van der Waals surface area contributed by atoms with Crippen LogP contribution in [0.3, 0.4) is 0 Å². The SMILES string of the molecule is CCCn1ncnc1CC(NCC)C1(C)CCCO1. The molecule has 0 spiro atoms. The highest BCUT2D eigenvalue weighted by Crippen LogP contribution is 2.30. The van der Waals surface area contributed by atoms with Gasteiger partial charge in [0.05, 0.1) is 5.60 Å². The monoisotopic (exact) mass is 266 g/mol. The van der Waals surface area contributed by atoms with E-state index >= 15 is 0 Å². The topological polar surface area (TPSA) is 52.0 Å². The summed E-state index contributed by atoms with van der Waals surface area (Å²) in [6.07, 6.45) is 5.89. The molecule has 2 atom stereocenters. The van der Waals surface area contributed by atoms with E-state index in [1.165, 1.54) is 0 Å². The molecule has 5 heteroatoms. The van der Waals surface area contributed by atoms with Crippen molar-refractivity contribution in [1.29, 1.82) is 0 Å². The van der Waals surface area contributed by atoms with E-state index in [1.54, 1.807) is 6.33 Å². The number of hydrogen-bond donors (Lipinski definition) is 1. The lowest BCUT2D eigenvalue weighted by Crippen LogP contribution is -2.50. The molecule has 2 rings (SSSR count). The molecule has 19 heavy (non-hydrogen) atoms. The minimum Gasteiger partial charge on any atom is -0.374 e. The molecule has 2 unspecified atom stereocenters. The van der Waals surface area contributed by atoms with Gasteiger partial charge in [0.25, 0.3) is 0 Å². The van der Waals surface area contributed by atoms with E-state index in [-0.39, 0.29) is 5.60 Å². The number of rotatable bonds is 7. The summed E-state index contributed by atoms with van der Waals surface area (Å²) >= 11 is 0. The van der Waals surface area contributed by atoms with Crippen molar-refractivity contribution >= 4 is 0 Å². The molecule has 1 aromatic rings. The summed E-state index contributed by atoms with van der Waals surface area (Å²) in [4.78, 5) is 4.42. The Bertz CT molecular complexity index is 385. The lowest BCUT2D eigenvalue weighted by molar-refractivity contribution is -0.0118. The van der Waals surface area contributed by atoms with Crippen LogP contribution in [0.4, 0.5) is 0 Å². The van der Waals surface area contributed by atoms with Crippen LogP contribution in [0.25, 0.3) is 0 Å². The molecule has 0 radical (unpaired) electrons. The first kappa shape index (κ1) is 14.5. The minimum absolute atomic E-state index is 0.0704. The van der Waals surface area contributed by atoms with Crippen LogP contribution in [-0.2, 0) is 17.7 Å². The lowest BCUT2D eigenvalue weighted by Gasteiger charge is -2.33. The number of ether oxygens (including phenoxy) is 1. The van der Waals surface area contributed by atoms with Gasteiger partial charge in [0.15, 0.2) is 0 Å². The van der Waals surface area contributed by atoms with Crippen LogP contribution in [0.5, 0.6) is 0 Å². The quantitative estimate of drug-likeness (QED) is 0.817. The zero-order valence-corrected chi connectivity index (χ0v) is 12.4. The Labute approximate surface area is 115 Å². The second-order valence-corrected chi connectivity index (χ2v) is 5.48. The molecular weight excluding hydrogens is 240 g/mol. The van der Waals surface area contributed by atoms with E-state index in [0.29, 0.717) is 6.04 Å². The first-order chi connectivity index (χ1) is 9.19. The maximum absolute atomic E-state index is 5.98. The van der Waals surface area contributed by atoms with E-state index in [2.05, 4.69) is 36.2 Å². The van der Waals surface area contributed by atoms with Crippen molar-refractivity contribution in [3.63, 3.8) is 0 Å². The summed E-state index contributed by atoms with van der Waals surface area (Å²) in [5, 5.41) is 7.87. The van der Waals surface area contributed by atoms with Crippen molar-refractivity contribution in [2.75, 3.05) is 13.2 Å². The number of nitrogens with one attached hydrogen (secondary N) is 1. The number of hydrogen-bond acceptors (Lipinski definition) is 4. The Morgan fingerprint density at radius 2 is 2.37 bits per heavy atom. The molecule has 0 amide bonds. The van der Waals surface area contributed by atoms with Crippen LogP contribution in [0.2, 0.25) is 0 Å². The molecule has 1 saturated heterocycles. The van der Waals surface area contributed by atoms with Crippen molar-refractivity contribution in [3.05, 3.63) is 12.2 Å². The van der Waals surface area contributed by atoms with Crippen molar-refractivity contribution < 1.29 is 4.74 Å². The van der Waals surface area contributed by atoms with Gasteiger partial charge in [-0.2, -0.15) is 5.10 Å². The van der Waals surface area contributed by atoms with Crippen LogP contribution >= 0.6 is 0 Å². The Hall–Kier alpha value is -0.940. The molecule has 0 saturated carbocycles. The van der Waals surface area contributed by atoms with E-state index < -0.39 is 0 Å². The highest BCUT2D eigenvalue weighted by molar-refractivity contribution is 4.99. The molecule has 0 aliphatic carbocycles. The summed E-state index contributed by atoms with van der Waals surface area (Å²) in [6.45, 7) is 9.28. The van der Waals surface area contributed by atoms with Crippen LogP contribution in [0, 0.1) is 0 Å². The summed E-state index contributed by atoms with van der Waals surface area (Å²) in [5.74, 6) is 1.06. The third-order valence-electron chi connectivity index (χ3n) is 3.95. The predicted octanol–water partition coefficient (Wildman–Crippen LogP) is 1.78. The van der Waals surface area contributed by atoms with Crippen molar-refractivity contribution in [1.82, 2.24) is 20.1 Å². The largest absolute Gasteiger partial charge is 0.374 e. The van der Waals surface area contributed by atoms with Gasteiger partial charge < -0.3 is 10.1 Å². The molecule has 2 heterocycles. The molecule has 0 bridgehead atoms. The second kappa shape index (κ2) is 6.48. The summed E-state index contributed by atoms with van der Waals surface area (Å²) in [6, 6.07) is 0.305. The fourth-order valence-corrected chi connectivity index (χ4v) is 2.85. The second-order valence-electron chi connectivity index (χ2n) is 5.48. The first-order valence-electron chi connectivity index (χ1n) is 7.43. The van der Waals surface area contributed by atoms with Crippen LogP contribution in [0.15, 0.2) is 6.33 Å². The number of aromatic nitrogens is 3. The molecular formula is C14H26N4O. The van der Waals surface area contributed by atoms with Gasteiger partial charge in [-0.25, -0.2) is 4.98 Å². The number of aryl methyl sites for hydroxylation is 1. The maximum atomic E-state index is 5.98. The van der Waals surface area contributed by atoms with Gasteiger partial charge in [-0.05, 0) is 32.7 Å². The molecule has 1 aliphatic heterocycles. The van der Waals surface area contributed by atoms with Gasteiger partial charge in [-0.15, -0.1) is 0 Å². The first-order valence-corrected chi connectivity index (χ1v) is 7.43. The Balaban J connectivity index is 2.09. The van der Waals surface area contributed by atoms with Crippen LogP contribution in [0.1, 0.15) is 45.9 Å². The average Bonchev–Trinajstić information content (AvgIpc) is 3.00. The third-order valence-corrected chi connectivity index (χ3v) is 3.95. The van der Waals surface area contributed by atoms with Crippen LogP contribution < -0.4 is 5.32 Å². The number of nitrogens with zero attached hydrogens (tertiary/aromatic N) is 3. The molecule has 108 valence electrons. The zero-order valence-electron chi connectivity index (χ0n) is 12.4. The van der Waals surface area contributed by atoms with E-state index in [4.69, 9.17) is 4.74 Å². The Kier molecular flexibility index (Phi) is 4.93. The molecule has 0 aromatic carbocycles. The summed E-state index contributed by atoms with van der Waals surface area (Å²) in [7, 11) is 0. The van der Waals surface area contributed by atoms with Gasteiger partial charge in [0.1, 0.15) is 12.2 Å². The third kappa shape index (κ3) is 3.34. The van der Waals surface area contributed by atoms with E-state index in [1.807, 2.05) is 4.68 Å². The van der Waals surface area contributed by atoms with Gasteiger partial charge in [-0.3, -0.25) is 4.68 Å². The Morgan fingerprint density at radius 3 is 3.00 bits per heavy atom.